The quantitative estimate of drug-likeness (QED) is 0.755. The van der Waals surface area contributed by atoms with E-state index in [0.717, 1.165) is 18.4 Å². The molecule has 0 radical (unpaired) electrons. The summed E-state index contributed by atoms with van der Waals surface area (Å²) in [4.78, 5) is 0. The number of rotatable bonds is 1. The number of nitrogens with one attached hydrogen (secondary N) is 1. The van der Waals surface area contributed by atoms with Gasteiger partial charge in [0.25, 0.3) is 0 Å². The van der Waals surface area contributed by atoms with Crippen LogP contribution >= 0.6 is 0 Å². The summed E-state index contributed by atoms with van der Waals surface area (Å²) in [6, 6.07) is 0. The summed E-state index contributed by atoms with van der Waals surface area (Å²) >= 11 is 0. The van der Waals surface area contributed by atoms with Crippen molar-refractivity contribution in [3.63, 3.8) is 0 Å². The number of ether oxygens (including phenoxy) is 1. The third kappa shape index (κ3) is 2.15. The van der Waals surface area contributed by atoms with Gasteiger partial charge in [-0.05, 0) is 50.4 Å². The summed E-state index contributed by atoms with van der Waals surface area (Å²) in [7, 11) is 0. The van der Waals surface area contributed by atoms with Crippen LogP contribution in [0.1, 0.15) is 58.8 Å². The molecule has 2 unspecified atom stereocenters. The molecule has 1 aliphatic heterocycles. The van der Waals surface area contributed by atoms with Crippen LogP contribution in [0.5, 0.6) is 0 Å². The van der Waals surface area contributed by atoms with Gasteiger partial charge in [0, 0.05) is 12.0 Å². The Balaban J connectivity index is 1.62. The lowest BCUT2D eigenvalue weighted by molar-refractivity contribution is -0.187. The van der Waals surface area contributed by atoms with Crippen molar-refractivity contribution in [2.24, 2.45) is 17.3 Å². The minimum Gasteiger partial charge on any atom is -0.360 e. The monoisotopic (exact) mass is 237 g/mol. The van der Waals surface area contributed by atoms with E-state index in [0.29, 0.717) is 5.41 Å². The molecule has 3 fully saturated rings. The molecule has 1 heterocycles. The van der Waals surface area contributed by atoms with Crippen LogP contribution in [0.15, 0.2) is 0 Å². The Morgan fingerprint density at radius 2 is 2.00 bits per heavy atom. The van der Waals surface area contributed by atoms with Gasteiger partial charge in [-0.25, -0.2) is 0 Å². The highest BCUT2D eigenvalue weighted by Gasteiger charge is 2.48. The van der Waals surface area contributed by atoms with Gasteiger partial charge in [-0.3, -0.25) is 5.32 Å². The lowest BCUT2D eigenvalue weighted by Crippen LogP contribution is -2.62. The maximum atomic E-state index is 6.33. The largest absolute Gasteiger partial charge is 0.360 e. The zero-order valence-corrected chi connectivity index (χ0v) is 11.4. The Morgan fingerprint density at radius 1 is 1.18 bits per heavy atom. The van der Waals surface area contributed by atoms with Crippen LogP contribution in [-0.2, 0) is 4.74 Å². The van der Waals surface area contributed by atoms with Crippen molar-refractivity contribution >= 4 is 0 Å². The van der Waals surface area contributed by atoms with Gasteiger partial charge in [0.2, 0.25) is 0 Å². The summed E-state index contributed by atoms with van der Waals surface area (Å²) in [5.41, 5.74) is 0.573. The van der Waals surface area contributed by atoms with Crippen molar-refractivity contribution in [1.82, 2.24) is 5.32 Å². The zero-order valence-electron chi connectivity index (χ0n) is 11.4. The second-order valence-corrected chi connectivity index (χ2v) is 7.09. The van der Waals surface area contributed by atoms with Gasteiger partial charge in [-0.15, -0.1) is 0 Å². The normalized spacial score (nSPS) is 40.8. The van der Waals surface area contributed by atoms with Crippen LogP contribution in [0.4, 0.5) is 0 Å². The maximum absolute atomic E-state index is 6.33. The molecule has 17 heavy (non-hydrogen) atoms. The molecule has 2 saturated carbocycles. The molecule has 0 amide bonds. The Morgan fingerprint density at radius 3 is 2.53 bits per heavy atom. The van der Waals surface area contributed by atoms with Crippen molar-refractivity contribution in [2.75, 3.05) is 13.2 Å². The summed E-state index contributed by atoms with van der Waals surface area (Å²) < 4.78 is 6.33. The molecule has 2 aliphatic carbocycles. The van der Waals surface area contributed by atoms with Gasteiger partial charge in [-0.2, -0.15) is 0 Å². The standard InChI is InChI=1S/C15H27NO/c1-12(2)13-5-3-8-15(9-13)16-10-14(11-17-15)6-4-7-14/h12-13,16H,3-11H2,1-2H3. The highest BCUT2D eigenvalue weighted by molar-refractivity contribution is 4.98. The van der Waals surface area contributed by atoms with E-state index in [1.54, 1.807) is 0 Å². The predicted octanol–water partition coefficient (Wildman–Crippen LogP) is 3.32. The molecule has 1 N–H and O–H groups in total. The van der Waals surface area contributed by atoms with Gasteiger partial charge in [0.15, 0.2) is 0 Å². The predicted molar refractivity (Wildman–Crippen MR) is 69.8 cm³/mol. The van der Waals surface area contributed by atoms with Gasteiger partial charge >= 0.3 is 0 Å². The third-order valence-electron chi connectivity index (χ3n) is 5.54. The molecular weight excluding hydrogens is 210 g/mol. The Hall–Kier alpha value is -0.0800. The van der Waals surface area contributed by atoms with E-state index in [-0.39, 0.29) is 5.72 Å². The van der Waals surface area contributed by atoms with E-state index in [2.05, 4.69) is 19.2 Å². The Bertz CT molecular complexity index is 273. The number of hydrogen-bond acceptors (Lipinski definition) is 2. The lowest BCUT2D eigenvalue weighted by Gasteiger charge is -2.54. The summed E-state index contributed by atoms with van der Waals surface area (Å²) in [5, 5.41) is 3.79. The van der Waals surface area contributed by atoms with E-state index in [4.69, 9.17) is 4.74 Å². The summed E-state index contributed by atoms with van der Waals surface area (Å²) in [5.74, 6) is 1.66. The fraction of sp³-hybridized carbons (Fsp3) is 1.00. The minimum absolute atomic E-state index is 0.0496. The Kier molecular flexibility index (Phi) is 2.99. The van der Waals surface area contributed by atoms with Crippen LogP contribution in [-0.4, -0.2) is 18.9 Å². The molecule has 0 aromatic carbocycles. The van der Waals surface area contributed by atoms with Crippen molar-refractivity contribution in [1.29, 1.82) is 0 Å². The molecule has 2 spiro atoms. The van der Waals surface area contributed by atoms with Gasteiger partial charge in [0.1, 0.15) is 5.72 Å². The van der Waals surface area contributed by atoms with Crippen LogP contribution in [0.2, 0.25) is 0 Å². The second kappa shape index (κ2) is 4.24. The highest BCUT2D eigenvalue weighted by atomic mass is 16.5. The van der Waals surface area contributed by atoms with E-state index in [1.165, 1.54) is 51.5 Å². The first-order valence-electron chi connectivity index (χ1n) is 7.52. The van der Waals surface area contributed by atoms with Gasteiger partial charge < -0.3 is 4.74 Å². The van der Waals surface area contributed by atoms with E-state index < -0.39 is 0 Å². The van der Waals surface area contributed by atoms with E-state index >= 15 is 0 Å². The first kappa shape index (κ1) is 12.0. The van der Waals surface area contributed by atoms with Crippen molar-refractivity contribution in [2.45, 2.75) is 64.5 Å². The number of hydrogen-bond donors (Lipinski definition) is 1. The molecule has 2 atom stereocenters. The molecule has 0 bridgehead atoms. The van der Waals surface area contributed by atoms with Crippen LogP contribution in [0.25, 0.3) is 0 Å². The maximum Gasteiger partial charge on any atom is 0.119 e. The fourth-order valence-electron chi connectivity index (χ4n) is 3.88. The van der Waals surface area contributed by atoms with Crippen LogP contribution in [0.3, 0.4) is 0 Å². The lowest BCUT2D eigenvalue weighted by atomic mass is 9.67. The topological polar surface area (TPSA) is 21.3 Å². The zero-order chi connectivity index (χ0) is 11.9. The van der Waals surface area contributed by atoms with E-state index in [9.17, 15) is 0 Å². The summed E-state index contributed by atoms with van der Waals surface area (Å²) in [6.07, 6.45) is 9.37. The summed E-state index contributed by atoms with van der Waals surface area (Å²) in [6.45, 7) is 6.95. The molecule has 2 nitrogen and oxygen atoms in total. The van der Waals surface area contributed by atoms with Crippen molar-refractivity contribution in [3.8, 4) is 0 Å². The average Bonchev–Trinajstić information content (AvgIpc) is 2.28. The SMILES string of the molecule is CC(C)C1CCCC2(C1)NCC1(CCC1)CO2. The van der Waals surface area contributed by atoms with Crippen LogP contribution < -0.4 is 5.32 Å². The fourth-order valence-corrected chi connectivity index (χ4v) is 3.88. The average molecular weight is 237 g/mol. The van der Waals surface area contributed by atoms with Crippen molar-refractivity contribution < 1.29 is 4.74 Å². The van der Waals surface area contributed by atoms with Crippen molar-refractivity contribution in [3.05, 3.63) is 0 Å². The molecular formula is C15H27NO. The van der Waals surface area contributed by atoms with E-state index in [1.807, 2.05) is 0 Å². The molecule has 1 saturated heterocycles. The molecule has 2 heteroatoms. The third-order valence-corrected chi connectivity index (χ3v) is 5.54. The molecule has 3 rings (SSSR count). The van der Waals surface area contributed by atoms with Gasteiger partial charge in [0.05, 0.1) is 6.61 Å². The first-order chi connectivity index (χ1) is 8.13. The molecule has 98 valence electrons. The molecule has 0 aromatic rings. The minimum atomic E-state index is 0.0496. The highest BCUT2D eigenvalue weighted by Crippen LogP contribution is 2.47. The molecule has 3 aliphatic rings. The van der Waals surface area contributed by atoms with Gasteiger partial charge in [-0.1, -0.05) is 20.3 Å². The molecule has 0 aromatic heterocycles. The Labute approximate surface area is 105 Å². The first-order valence-corrected chi connectivity index (χ1v) is 7.52. The smallest absolute Gasteiger partial charge is 0.119 e. The second-order valence-electron chi connectivity index (χ2n) is 7.09. The van der Waals surface area contributed by atoms with Crippen LogP contribution in [0, 0.1) is 17.3 Å².